The van der Waals surface area contributed by atoms with Crippen molar-refractivity contribution in [2.24, 2.45) is 16.8 Å². The molecule has 0 radical (unpaired) electrons. The van der Waals surface area contributed by atoms with Gasteiger partial charge >= 0.3 is 6.18 Å². The number of hydrogen-bond acceptors (Lipinski definition) is 3. The molecule has 1 aromatic carbocycles. The summed E-state index contributed by atoms with van der Waals surface area (Å²) in [7, 11) is 0. The first-order valence-corrected chi connectivity index (χ1v) is 4.81. The Kier molecular flexibility index (Phi) is 3.84. The Morgan fingerprint density at radius 2 is 2.00 bits per heavy atom. The van der Waals surface area contributed by atoms with Gasteiger partial charge in [0.05, 0.1) is 16.3 Å². The number of alkyl halides is 3. The van der Waals surface area contributed by atoms with Crippen molar-refractivity contribution in [1.82, 2.24) is 0 Å². The number of nitrogens with zero attached hydrogens (tertiary/aromatic N) is 2. The molecule has 0 unspecified atom stereocenters. The predicted octanol–water partition coefficient (Wildman–Crippen LogP) is 2.33. The van der Waals surface area contributed by atoms with E-state index in [1.807, 2.05) is 0 Å². The predicted molar refractivity (Wildman–Crippen MR) is 60.4 cm³/mol. The molecule has 1 rings (SSSR count). The maximum Gasteiger partial charge on any atom is 0.417 e. The molecule has 8 heteroatoms. The van der Waals surface area contributed by atoms with Gasteiger partial charge in [0.2, 0.25) is 0 Å². The normalized spacial score (nSPS) is 12.7. The van der Waals surface area contributed by atoms with Crippen LogP contribution in [0.2, 0.25) is 5.02 Å². The Balaban J connectivity index is 3.22. The third-order valence-corrected chi connectivity index (χ3v) is 2.40. The van der Waals surface area contributed by atoms with Gasteiger partial charge in [0.15, 0.2) is 0 Å². The van der Waals surface area contributed by atoms with Crippen molar-refractivity contribution < 1.29 is 13.2 Å². The average Bonchev–Trinajstić information content (AvgIpc) is 2.26. The van der Waals surface area contributed by atoms with Crippen molar-refractivity contribution in [3.8, 4) is 0 Å². The molecule has 0 saturated heterocycles. The molecular formula is C9H10ClF3N4. The zero-order valence-electron chi connectivity index (χ0n) is 8.79. The van der Waals surface area contributed by atoms with Gasteiger partial charge in [-0.1, -0.05) is 11.6 Å². The minimum absolute atomic E-state index is 0.0911. The summed E-state index contributed by atoms with van der Waals surface area (Å²) in [4.78, 5) is 0. The van der Waals surface area contributed by atoms with E-state index in [-0.39, 0.29) is 11.5 Å². The molecular weight excluding hydrogens is 257 g/mol. The Morgan fingerprint density at radius 3 is 2.47 bits per heavy atom. The van der Waals surface area contributed by atoms with Crippen LogP contribution < -0.4 is 16.7 Å². The molecule has 0 aliphatic heterocycles. The minimum atomic E-state index is -4.54. The van der Waals surface area contributed by atoms with E-state index < -0.39 is 16.8 Å². The Labute approximate surface area is 101 Å². The Bertz CT molecular complexity index is 444. The molecule has 1 aromatic rings. The van der Waals surface area contributed by atoms with Crippen LogP contribution in [0, 0.1) is 0 Å². The molecule has 0 aliphatic carbocycles. The van der Waals surface area contributed by atoms with E-state index in [1.165, 1.54) is 13.0 Å². The summed E-state index contributed by atoms with van der Waals surface area (Å²) in [5, 5.41) is 3.83. The molecule has 0 atom stereocenters. The van der Waals surface area contributed by atoms with E-state index in [0.29, 0.717) is 0 Å². The molecule has 0 saturated carbocycles. The van der Waals surface area contributed by atoms with Gasteiger partial charge in [-0.25, -0.2) is 5.84 Å². The van der Waals surface area contributed by atoms with Crippen LogP contribution in [0.4, 0.5) is 18.9 Å². The fourth-order valence-corrected chi connectivity index (χ4v) is 1.35. The zero-order chi connectivity index (χ0) is 13.2. The summed E-state index contributed by atoms with van der Waals surface area (Å²) in [5.41, 5.74) is -0.870. The van der Waals surface area contributed by atoms with Crippen molar-refractivity contribution in [2.45, 2.75) is 13.1 Å². The highest BCUT2D eigenvalue weighted by Gasteiger charge is 2.33. The van der Waals surface area contributed by atoms with Crippen LogP contribution in [0.1, 0.15) is 12.5 Å². The van der Waals surface area contributed by atoms with Crippen LogP contribution >= 0.6 is 11.6 Å². The SMILES string of the molecule is C/C(=N/N)N(N)c1ccc(Cl)c(C(F)(F)F)c1. The third-order valence-electron chi connectivity index (χ3n) is 2.07. The standard InChI is InChI=1S/C9H10ClF3N4/c1-5(16-14)17(15)6-2-3-8(10)7(4-6)9(11,12)13/h2-4H,14-15H2,1H3/b16-5-. The summed E-state index contributed by atoms with van der Waals surface area (Å²) in [5.74, 6) is 10.7. The van der Waals surface area contributed by atoms with Gasteiger partial charge in [-0.3, -0.25) is 5.01 Å². The van der Waals surface area contributed by atoms with E-state index in [0.717, 1.165) is 17.1 Å². The lowest BCUT2D eigenvalue weighted by molar-refractivity contribution is -0.137. The van der Waals surface area contributed by atoms with E-state index in [4.69, 9.17) is 23.3 Å². The average molecular weight is 267 g/mol. The topological polar surface area (TPSA) is 67.6 Å². The highest BCUT2D eigenvalue weighted by molar-refractivity contribution is 6.31. The number of anilines is 1. The minimum Gasteiger partial charge on any atom is -0.322 e. The van der Waals surface area contributed by atoms with Gasteiger partial charge in [-0.15, -0.1) is 0 Å². The number of hydrazone groups is 1. The quantitative estimate of drug-likeness (QED) is 0.355. The van der Waals surface area contributed by atoms with Gasteiger partial charge in [0, 0.05) is 0 Å². The number of hydrogen-bond donors (Lipinski definition) is 2. The van der Waals surface area contributed by atoms with Gasteiger partial charge < -0.3 is 5.84 Å². The van der Waals surface area contributed by atoms with Crippen LogP contribution in [0.3, 0.4) is 0 Å². The summed E-state index contributed by atoms with van der Waals surface area (Å²) in [6, 6.07) is 3.28. The molecule has 0 bridgehead atoms. The molecule has 0 aromatic heterocycles. The number of hydrazine groups is 1. The van der Waals surface area contributed by atoms with Gasteiger partial charge in [0.1, 0.15) is 5.84 Å². The third kappa shape index (κ3) is 3.01. The van der Waals surface area contributed by atoms with E-state index in [2.05, 4.69) is 5.10 Å². The summed E-state index contributed by atoms with van der Waals surface area (Å²) >= 11 is 5.46. The zero-order valence-corrected chi connectivity index (χ0v) is 9.55. The monoisotopic (exact) mass is 266 g/mol. The molecule has 17 heavy (non-hydrogen) atoms. The van der Waals surface area contributed by atoms with Gasteiger partial charge in [-0.05, 0) is 25.1 Å². The fraction of sp³-hybridized carbons (Fsp3) is 0.222. The smallest absolute Gasteiger partial charge is 0.322 e. The molecule has 0 amide bonds. The Morgan fingerprint density at radius 1 is 1.41 bits per heavy atom. The first-order valence-electron chi connectivity index (χ1n) is 4.43. The van der Waals surface area contributed by atoms with E-state index >= 15 is 0 Å². The molecule has 94 valence electrons. The number of rotatable bonds is 1. The molecule has 0 spiro atoms. The van der Waals surface area contributed by atoms with E-state index in [9.17, 15) is 13.2 Å². The molecule has 4 nitrogen and oxygen atoms in total. The molecule has 0 heterocycles. The number of benzene rings is 1. The second kappa shape index (κ2) is 4.80. The second-order valence-corrected chi connectivity index (χ2v) is 3.62. The lowest BCUT2D eigenvalue weighted by atomic mass is 10.2. The maximum atomic E-state index is 12.6. The van der Waals surface area contributed by atoms with Crippen molar-refractivity contribution in [3.63, 3.8) is 0 Å². The lowest BCUT2D eigenvalue weighted by Gasteiger charge is -2.19. The number of nitrogens with two attached hydrogens (primary N) is 2. The highest BCUT2D eigenvalue weighted by atomic mass is 35.5. The fourth-order valence-electron chi connectivity index (χ4n) is 1.13. The summed E-state index contributed by atoms with van der Waals surface area (Å²) < 4.78 is 37.7. The summed E-state index contributed by atoms with van der Waals surface area (Å²) in [6.07, 6.45) is -4.54. The van der Waals surface area contributed by atoms with Crippen molar-refractivity contribution in [3.05, 3.63) is 28.8 Å². The molecule has 4 N–H and O–H groups in total. The van der Waals surface area contributed by atoms with Crippen molar-refractivity contribution >= 4 is 23.1 Å². The summed E-state index contributed by atoms with van der Waals surface area (Å²) in [6.45, 7) is 1.46. The van der Waals surface area contributed by atoms with Crippen LogP contribution in [-0.2, 0) is 6.18 Å². The van der Waals surface area contributed by atoms with Crippen LogP contribution in [0.5, 0.6) is 0 Å². The largest absolute Gasteiger partial charge is 0.417 e. The van der Waals surface area contributed by atoms with Gasteiger partial charge in [0.25, 0.3) is 0 Å². The maximum absolute atomic E-state index is 12.6. The van der Waals surface area contributed by atoms with Gasteiger partial charge in [-0.2, -0.15) is 18.3 Å². The van der Waals surface area contributed by atoms with Crippen molar-refractivity contribution in [2.75, 3.05) is 5.01 Å². The van der Waals surface area contributed by atoms with Crippen LogP contribution in [-0.4, -0.2) is 5.84 Å². The van der Waals surface area contributed by atoms with Crippen molar-refractivity contribution in [1.29, 1.82) is 0 Å². The first kappa shape index (κ1) is 13.6. The number of halogens is 4. The number of amidine groups is 1. The van der Waals surface area contributed by atoms with Crippen LogP contribution in [0.25, 0.3) is 0 Å². The first-order chi connectivity index (χ1) is 7.77. The molecule has 0 aliphatic rings. The van der Waals surface area contributed by atoms with E-state index in [1.54, 1.807) is 0 Å². The second-order valence-electron chi connectivity index (χ2n) is 3.21. The highest BCUT2D eigenvalue weighted by Crippen LogP contribution is 2.36. The Hall–Kier alpha value is -1.47. The molecule has 0 fully saturated rings. The van der Waals surface area contributed by atoms with Crippen LogP contribution in [0.15, 0.2) is 23.3 Å². The lowest BCUT2D eigenvalue weighted by Crippen LogP contribution is -2.36.